The number of imidazole rings is 1. The van der Waals surface area contributed by atoms with Crippen molar-refractivity contribution in [3.05, 3.63) is 24.0 Å². The molecular formula is C16H24N4. The van der Waals surface area contributed by atoms with Crippen molar-refractivity contribution in [1.29, 1.82) is 0 Å². The fourth-order valence-corrected chi connectivity index (χ4v) is 3.06. The number of aromatic nitrogens is 2. The molecule has 0 radical (unpaired) electrons. The number of piperidine rings is 1. The largest absolute Gasteiger partial charge is 0.371 e. The van der Waals surface area contributed by atoms with Crippen LogP contribution in [0.5, 0.6) is 0 Å². The number of rotatable bonds is 4. The summed E-state index contributed by atoms with van der Waals surface area (Å²) in [5, 5.41) is 0. The lowest BCUT2D eigenvalue weighted by molar-refractivity contribution is 0.447. The standard InChI is InChI=1S/C16H24N4/c1-12-4-3-9-20(11-12)13-6-7-14-15(10-13)19-16(18-14)5-2-8-17/h6-7,10,12H,2-5,8-9,11,17H2,1H3,(H,18,19). The number of nitrogens with one attached hydrogen (secondary N) is 1. The molecule has 1 aromatic heterocycles. The number of fused-ring (bicyclic) bond motifs is 1. The van der Waals surface area contributed by atoms with Crippen LogP contribution in [0.15, 0.2) is 18.2 Å². The highest BCUT2D eigenvalue weighted by atomic mass is 15.1. The lowest BCUT2D eigenvalue weighted by Crippen LogP contribution is -2.34. The Bertz CT molecular complexity index is 575. The van der Waals surface area contributed by atoms with Crippen LogP contribution in [0.3, 0.4) is 0 Å². The summed E-state index contributed by atoms with van der Waals surface area (Å²) in [6, 6.07) is 6.58. The summed E-state index contributed by atoms with van der Waals surface area (Å²) in [6.07, 6.45) is 4.56. The van der Waals surface area contributed by atoms with E-state index in [1.807, 2.05) is 0 Å². The highest BCUT2D eigenvalue weighted by molar-refractivity contribution is 5.79. The molecular weight excluding hydrogens is 248 g/mol. The Morgan fingerprint density at radius 3 is 3.15 bits per heavy atom. The van der Waals surface area contributed by atoms with Crippen molar-refractivity contribution >= 4 is 16.7 Å². The lowest BCUT2D eigenvalue weighted by atomic mass is 10.00. The molecule has 1 atom stereocenters. The topological polar surface area (TPSA) is 57.9 Å². The van der Waals surface area contributed by atoms with Crippen LogP contribution in [0.2, 0.25) is 0 Å². The molecule has 1 aromatic carbocycles. The van der Waals surface area contributed by atoms with Crippen LogP contribution in [0, 0.1) is 5.92 Å². The molecule has 0 amide bonds. The van der Waals surface area contributed by atoms with E-state index in [2.05, 4.69) is 40.0 Å². The maximum absolute atomic E-state index is 5.56. The normalized spacial score (nSPS) is 19.7. The average molecular weight is 272 g/mol. The molecule has 1 unspecified atom stereocenters. The Hall–Kier alpha value is -1.55. The Morgan fingerprint density at radius 2 is 2.35 bits per heavy atom. The highest BCUT2D eigenvalue weighted by Gasteiger charge is 2.17. The van der Waals surface area contributed by atoms with E-state index in [0.29, 0.717) is 6.54 Å². The predicted molar refractivity (Wildman–Crippen MR) is 84.1 cm³/mol. The first-order valence-electron chi connectivity index (χ1n) is 7.70. The Morgan fingerprint density at radius 1 is 1.45 bits per heavy atom. The number of aryl methyl sites for hydroxylation is 1. The molecule has 20 heavy (non-hydrogen) atoms. The predicted octanol–water partition coefficient (Wildman–Crippen LogP) is 2.69. The molecule has 108 valence electrons. The van der Waals surface area contributed by atoms with Crippen LogP contribution in [0.1, 0.15) is 32.0 Å². The van der Waals surface area contributed by atoms with Crippen LogP contribution in [-0.4, -0.2) is 29.6 Å². The van der Waals surface area contributed by atoms with Gasteiger partial charge in [0.05, 0.1) is 11.0 Å². The van der Waals surface area contributed by atoms with Crippen LogP contribution < -0.4 is 10.6 Å². The third-order valence-corrected chi connectivity index (χ3v) is 4.15. The molecule has 0 aliphatic carbocycles. The Kier molecular flexibility index (Phi) is 3.92. The second-order valence-electron chi connectivity index (χ2n) is 5.97. The second kappa shape index (κ2) is 5.83. The summed E-state index contributed by atoms with van der Waals surface area (Å²) in [4.78, 5) is 10.5. The van der Waals surface area contributed by atoms with Crippen molar-refractivity contribution in [2.75, 3.05) is 24.5 Å². The number of H-pyrrole nitrogens is 1. The van der Waals surface area contributed by atoms with Crippen molar-refractivity contribution in [3.8, 4) is 0 Å². The molecule has 0 bridgehead atoms. The molecule has 2 heterocycles. The van der Waals surface area contributed by atoms with Crippen molar-refractivity contribution in [2.24, 2.45) is 11.7 Å². The minimum Gasteiger partial charge on any atom is -0.371 e. The number of hydrogen-bond donors (Lipinski definition) is 2. The highest BCUT2D eigenvalue weighted by Crippen LogP contribution is 2.25. The van der Waals surface area contributed by atoms with Gasteiger partial charge in [-0.2, -0.15) is 0 Å². The molecule has 4 heteroatoms. The van der Waals surface area contributed by atoms with Crippen LogP contribution in [0.4, 0.5) is 5.69 Å². The summed E-state index contributed by atoms with van der Waals surface area (Å²) in [5.74, 6) is 1.84. The molecule has 4 nitrogen and oxygen atoms in total. The summed E-state index contributed by atoms with van der Waals surface area (Å²) in [6.45, 7) is 5.39. The first kappa shape index (κ1) is 13.4. The van der Waals surface area contributed by atoms with E-state index in [-0.39, 0.29) is 0 Å². The number of nitrogens with zero attached hydrogens (tertiary/aromatic N) is 2. The van der Waals surface area contributed by atoms with Gasteiger partial charge in [-0.3, -0.25) is 0 Å². The van der Waals surface area contributed by atoms with E-state index >= 15 is 0 Å². The maximum atomic E-state index is 5.56. The van der Waals surface area contributed by atoms with E-state index in [0.717, 1.165) is 35.6 Å². The summed E-state index contributed by atoms with van der Waals surface area (Å²) >= 11 is 0. The van der Waals surface area contributed by atoms with Crippen molar-refractivity contribution < 1.29 is 0 Å². The van der Waals surface area contributed by atoms with Gasteiger partial charge >= 0.3 is 0 Å². The van der Waals surface area contributed by atoms with Gasteiger partial charge in [0.15, 0.2) is 0 Å². The summed E-state index contributed by atoms with van der Waals surface area (Å²) < 4.78 is 0. The Labute approximate surface area is 120 Å². The van der Waals surface area contributed by atoms with Crippen LogP contribution in [-0.2, 0) is 6.42 Å². The zero-order chi connectivity index (χ0) is 13.9. The van der Waals surface area contributed by atoms with Gasteiger partial charge in [0.2, 0.25) is 0 Å². The maximum Gasteiger partial charge on any atom is 0.107 e. The quantitative estimate of drug-likeness (QED) is 0.899. The first-order chi connectivity index (χ1) is 9.76. The number of aromatic amines is 1. The monoisotopic (exact) mass is 272 g/mol. The molecule has 1 saturated heterocycles. The number of benzene rings is 1. The first-order valence-corrected chi connectivity index (χ1v) is 7.70. The number of nitrogens with two attached hydrogens (primary N) is 1. The van der Waals surface area contributed by atoms with Crippen LogP contribution >= 0.6 is 0 Å². The van der Waals surface area contributed by atoms with Crippen molar-refractivity contribution in [3.63, 3.8) is 0 Å². The van der Waals surface area contributed by atoms with Crippen molar-refractivity contribution in [2.45, 2.75) is 32.6 Å². The molecule has 3 rings (SSSR count). The second-order valence-corrected chi connectivity index (χ2v) is 5.97. The van der Waals surface area contributed by atoms with Gasteiger partial charge in [-0.1, -0.05) is 6.92 Å². The minimum atomic E-state index is 0.716. The SMILES string of the molecule is CC1CCCN(c2ccc3nc(CCCN)[nH]c3c2)C1. The average Bonchev–Trinajstić information content (AvgIpc) is 2.86. The molecule has 1 fully saturated rings. The summed E-state index contributed by atoms with van der Waals surface area (Å²) in [5.41, 5.74) is 9.08. The van der Waals surface area contributed by atoms with Gasteiger partial charge in [-0.25, -0.2) is 4.98 Å². The molecule has 3 N–H and O–H groups in total. The molecule has 2 aromatic rings. The van der Waals surface area contributed by atoms with Crippen molar-refractivity contribution in [1.82, 2.24) is 9.97 Å². The zero-order valence-corrected chi connectivity index (χ0v) is 12.2. The van der Waals surface area contributed by atoms with E-state index in [9.17, 15) is 0 Å². The van der Waals surface area contributed by atoms with E-state index in [4.69, 9.17) is 5.73 Å². The van der Waals surface area contributed by atoms with E-state index in [1.165, 1.54) is 31.6 Å². The van der Waals surface area contributed by atoms with Gasteiger partial charge in [0.25, 0.3) is 0 Å². The van der Waals surface area contributed by atoms with Gasteiger partial charge in [-0.15, -0.1) is 0 Å². The smallest absolute Gasteiger partial charge is 0.107 e. The fraction of sp³-hybridized carbons (Fsp3) is 0.562. The molecule has 0 spiro atoms. The van der Waals surface area contributed by atoms with Gasteiger partial charge in [0.1, 0.15) is 5.82 Å². The third-order valence-electron chi connectivity index (χ3n) is 4.15. The molecule has 1 aliphatic rings. The number of hydrogen-bond acceptors (Lipinski definition) is 3. The Balaban J connectivity index is 1.82. The van der Waals surface area contributed by atoms with Crippen LogP contribution in [0.25, 0.3) is 11.0 Å². The molecule has 1 aliphatic heterocycles. The lowest BCUT2D eigenvalue weighted by Gasteiger charge is -2.32. The van der Waals surface area contributed by atoms with E-state index in [1.54, 1.807) is 0 Å². The fourth-order valence-electron chi connectivity index (χ4n) is 3.06. The minimum absolute atomic E-state index is 0.716. The molecule has 0 saturated carbocycles. The third kappa shape index (κ3) is 2.80. The zero-order valence-electron chi connectivity index (χ0n) is 12.2. The van der Waals surface area contributed by atoms with Gasteiger partial charge in [0, 0.05) is 25.2 Å². The van der Waals surface area contributed by atoms with Gasteiger partial charge < -0.3 is 15.6 Å². The number of anilines is 1. The van der Waals surface area contributed by atoms with Gasteiger partial charge in [-0.05, 0) is 49.9 Å². The van der Waals surface area contributed by atoms with E-state index < -0.39 is 0 Å². The summed E-state index contributed by atoms with van der Waals surface area (Å²) in [7, 11) is 0.